The molecule has 7 nitrogen and oxygen atoms in total. The fourth-order valence-corrected chi connectivity index (χ4v) is 4.72. The highest BCUT2D eigenvalue weighted by atomic mass is 32.2. The maximum Gasteiger partial charge on any atom is 0.349 e. The summed E-state index contributed by atoms with van der Waals surface area (Å²) in [6, 6.07) is 18.2. The molecule has 1 N–H and O–H groups in total. The number of hydrogen-bond acceptors (Lipinski definition) is 5. The summed E-state index contributed by atoms with van der Waals surface area (Å²) >= 11 is 0. The lowest BCUT2D eigenvalue weighted by atomic mass is 10.0. The number of aromatic nitrogens is 1. The van der Waals surface area contributed by atoms with E-state index in [1.54, 1.807) is 54.9 Å². The van der Waals surface area contributed by atoms with Gasteiger partial charge in [-0.05, 0) is 53.4 Å². The summed E-state index contributed by atoms with van der Waals surface area (Å²) in [5, 5.41) is 11.3. The number of aliphatic carboxylic acids is 1. The lowest BCUT2D eigenvalue weighted by Crippen LogP contribution is -2.26. The topological polar surface area (TPSA) is 96.8 Å². The summed E-state index contributed by atoms with van der Waals surface area (Å²) < 4.78 is 45.5. The molecule has 0 radical (unpaired) electrons. The van der Waals surface area contributed by atoms with E-state index in [0.29, 0.717) is 16.9 Å². The van der Waals surface area contributed by atoms with Gasteiger partial charge in [-0.15, -0.1) is 0 Å². The fraction of sp³-hybridized carbons (Fsp3) is 0.120. The van der Waals surface area contributed by atoms with Crippen molar-refractivity contribution in [3.05, 3.63) is 102 Å². The molecule has 4 aromatic rings. The van der Waals surface area contributed by atoms with Crippen molar-refractivity contribution in [1.29, 1.82) is 0 Å². The van der Waals surface area contributed by atoms with Gasteiger partial charge in [0.05, 0.1) is 4.90 Å². The molecule has 0 saturated heterocycles. The first kappa shape index (κ1) is 23.3. The monoisotopic (exact) mass is 480 g/mol. The minimum absolute atomic E-state index is 0.00839. The molecule has 0 aliphatic heterocycles. The first-order valence-corrected chi connectivity index (χ1v) is 11.7. The molecule has 3 aromatic carbocycles. The lowest BCUT2D eigenvalue weighted by Gasteiger charge is -2.19. The molecule has 0 aliphatic rings. The van der Waals surface area contributed by atoms with E-state index in [1.165, 1.54) is 19.2 Å². The molecule has 0 spiro atoms. The van der Waals surface area contributed by atoms with Gasteiger partial charge in [-0.25, -0.2) is 17.6 Å². The molecule has 0 bridgehead atoms. The normalized spacial score (nSPS) is 12.6. The summed E-state index contributed by atoms with van der Waals surface area (Å²) in [6.45, 7) is 0.0681. The highest BCUT2D eigenvalue weighted by Crippen LogP contribution is 2.29. The van der Waals surface area contributed by atoms with Crippen LogP contribution in [0.5, 0.6) is 5.75 Å². The van der Waals surface area contributed by atoms with Crippen LogP contribution in [0.2, 0.25) is 0 Å². The third kappa shape index (κ3) is 4.90. The van der Waals surface area contributed by atoms with Crippen molar-refractivity contribution in [2.45, 2.75) is 17.5 Å². The van der Waals surface area contributed by atoms with Gasteiger partial charge in [0.15, 0.2) is 0 Å². The van der Waals surface area contributed by atoms with Crippen molar-refractivity contribution in [2.75, 3.05) is 7.05 Å². The minimum Gasteiger partial charge on any atom is -0.478 e. The number of pyridine rings is 1. The van der Waals surface area contributed by atoms with Crippen LogP contribution in [0.1, 0.15) is 17.2 Å². The van der Waals surface area contributed by atoms with E-state index in [9.17, 15) is 22.7 Å². The van der Waals surface area contributed by atoms with Crippen LogP contribution in [0.25, 0.3) is 10.8 Å². The van der Waals surface area contributed by atoms with Gasteiger partial charge in [-0.2, -0.15) is 4.31 Å². The first-order valence-electron chi connectivity index (χ1n) is 10.3. The fourth-order valence-electron chi connectivity index (χ4n) is 3.56. The maximum absolute atomic E-state index is 13.1. The van der Waals surface area contributed by atoms with E-state index in [2.05, 4.69) is 4.98 Å². The molecule has 4 rings (SSSR count). The molecule has 9 heteroatoms. The van der Waals surface area contributed by atoms with E-state index in [-0.39, 0.29) is 11.4 Å². The van der Waals surface area contributed by atoms with Crippen LogP contribution in [0.15, 0.2) is 90.1 Å². The number of ether oxygens (including phenoxy) is 1. The number of carboxylic acid groups (broad SMARTS) is 1. The number of carboxylic acids is 1. The largest absolute Gasteiger partial charge is 0.478 e. The Morgan fingerprint density at radius 1 is 1.06 bits per heavy atom. The molecule has 0 aliphatic carbocycles. The minimum atomic E-state index is -3.80. The van der Waals surface area contributed by atoms with Crippen LogP contribution in [0.4, 0.5) is 4.39 Å². The van der Waals surface area contributed by atoms with Gasteiger partial charge in [0.25, 0.3) is 0 Å². The first-order chi connectivity index (χ1) is 16.3. The van der Waals surface area contributed by atoms with Gasteiger partial charge < -0.3 is 9.84 Å². The predicted octanol–water partition coefficient (Wildman–Crippen LogP) is 4.40. The molecule has 1 unspecified atom stereocenters. The van der Waals surface area contributed by atoms with Crippen molar-refractivity contribution in [2.24, 2.45) is 0 Å². The summed E-state index contributed by atoms with van der Waals surface area (Å²) in [6.07, 6.45) is 2.01. The van der Waals surface area contributed by atoms with Crippen molar-refractivity contribution < 1.29 is 27.4 Å². The summed E-state index contributed by atoms with van der Waals surface area (Å²) in [7, 11) is -2.37. The third-order valence-electron chi connectivity index (χ3n) is 5.33. The molecule has 0 amide bonds. The van der Waals surface area contributed by atoms with Crippen molar-refractivity contribution >= 4 is 26.8 Å². The average Bonchev–Trinajstić information content (AvgIpc) is 2.83. The second-order valence-electron chi connectivity index (χ2n) is 7.64. The molecule has 0 saturated carbocycles. The molecule has 1 heterocycles. The Balaban J connectivity index is 1.51. The number of hydrogen-bond donors (Lipinski definition) is 1. The number of nitrogens with zero attached hydrogens (tertiary/aromatic N) is 2. The molecule has 1 atom stereocenters. The van der Waals surface area contributed by atoms with Crippen LogP contribution in [-0.4, -0.2) is 35.8 Å². The quantitative estimate of drug-likeness (QED) is 0.402. The number of fused-ring (bicyclic) bond motifs is 1. The molecule has 34 heavy (non-hydrogen) atoms. The van der Waals surface area contributed by atoms with E-state index in [0.717, 1.165) is 27.2 Å². The van der Waals surface area contributed by atoms with Crippen molar-refractivity contribution in [3.63, 3.8) is 0 Å². The average molecular weight is 481 g/mol. The van der Waals surface area contributed by atoms with Crippen LogP contribution in [0.3, 0.4) is 0 Å². The smallest absolute Gasteiger partial charge is 0.349 e. The van der Waals surface area contributed by atoms with Gasteiger partial charge in [0, 0.05) is 36.9 Å². The number of halogens is 1. The second-order valence-corrected chi connectivity index (χ2v) is 9.68. The van der Waals surface area contributed by atoms with Gasteiger partial charge in [0.1, 0.15) is 11.6 Å². The summed E-state index contributed by atoms with van der Waals surface area (Å²) in [5.74, 6) is -1.33. The number of carbonyl (C=O) groups is 1. The van der Waals surface area contributed by atoms with Gasteiger partial charge in [0.2, 0.25) is 16.1 Å². The van der Waals surface area contributed by atoms with E-state index in [4.69, 9.17) is 4.74 Å². The van der Waals surface area contributed by atoms with E-state index in [1.807, 2.05) is 6.07 Å². The van der Waals surface area contributed by atoms with Crippen molar-refractivity contribution in [1.82, 2.24) is 9.29 Å². The lowest BCUT2D eigenvalue weighted by molar-refractivity contribution is -0.145. The van der Waals surface area contributed by atoms with Crippen LogP contribution >= 0.6 is 0 Å². The molecular formula is C25H21FN2O5S. The van der Waals surface area contributed by atoms with E-state index >= 15 is 0 Å². The summed E-state index contributed by atoms with van der Waals surface area (Å²) in [4.78, 5) is 16.0. The Morgan fingerprint density at radius 3 is 2.44 bits per heavy atom. The number of benzene rings is 3. The molecule has 1 aromatic heterocycles. The number of sulfonamides is 1. The van der Waals surface area contributed by atoms with Crippen molar-refractivity contribution in [3.8, 4) is 5.75 Å². The maximum atomic E-state index is 13.1. The zero-order valence-corrected chi connectivity index (χ0v) is 18.9. The molecule has 174 valence electrons. The van der Waals surface area contributed by atoms with E-state index < -0.39 is 27.9 Å². The Kier molecular flexibility index (Phi) is 6.58. The highest BCUT2D eigenvalue weighted by molar-refractivity contribution is 7.89. The standard InChI is InChI=1S/C25H21FN2O5S/c1-28(34(31,32)21-11-7-19(26)8-12-21)16-17-5-9-20(10-6-17)33-24(25(29)30)23-4-2-3-18-15-27-14-13-22(18)23/h2-15,24H,16H2,1H3,(H,29,30). The summed E-state index contributed by atoms with van der Waals surface area (Å²) in [5.41, 5.74) is 1.17. The Labute approximate surface area is 196 Å². The Hall–Kier alpha value is -3.82. The van der Waals surface area contributed by atoms with Crippen LogP contribution in [0, 0.1) is 5.82 Å². The van der Waals surface area contributed by atoms with Gasteiger partial charge >= 0.3 is 5.97 Å². The van der Waals surface area contributed by atoms with Gasteiger partial charge in [-0.3, -0.25) is 4.98 Å². The van der Waals surface area contributed by atoms with Crippen LogP contribution < -0.4 is 4.74 Å². The van der Waals surface area contributed by atoms with Crippen LogP contribution in [-0.2, 0) is 21.4 Å². The second kappa shape index (κ2) is 9.58. The number of rotatable bonds is 8. The molecule has 0 fully saturated rings. The molecular weight excluding hydrogens is 459 g/mol. The Bertz CT molecular complexity index is 1420. The zero-order chi connectivity index (χ0) is 24.3. The predicted molar refractivity (Wildman–Crippen MR) is 124 cm³/mol. The third-order valence-corrected chi connectivity index (χ3v) is 7.14. The Morgan fingerprint density at radius 2 is 1.76 bits per heavy atom. The SMILES string of the molecule is CN(Cc1ccc(OC(C(=O)O)c2cccc3cnccc23)cc1)S(=O)(=O)c1ccc(F)cc1. The highest BCUT2D eigenvalue weighted by Gasteiger charge is 2.24. The zero-order valence-electron chi connectivity index (χ0n) is 18.1. The van der Waals surface area contributed by atoms with Gasteiger partial charge in [-0.1, -0.05) is 30.3 Å².